The molecular formula is C20H42N2O5Si. The van der Waals surface area contributed by atoms with Gasteiger partial charge in [-0.3, -0.25) is 0 Å². The zero-order valence-electron chi connectivity index (χ0n) is 19.5. The van der Waals surface area contributed by atoms with E-state index in [2.05, 4.69) is 0 Å². The Morgan fingerprint density at radius 1 is 0.821 bits per heavy atom. The van der Waals surface area contributed by atoms with Gasteiger partial charge >= 0.3 is 8.80 Å². The SMILES string of the molecule is CCO[Si](C)(OC1CC(C)(C)N(O)C(C)(C)C1)OC1CC(C)(C)N(O)C1(C)C. The second kappa shape index (κ2) is 7.57. The number of piperidine rings is 1. The van der Waals surface area contributed by atoms with E-state index in [0.717, 1.165) is 0 Å². The lowest BCUT2D eigenvalue weighted by molar-refractivity contribution is -0.258. The average Bonchev–Trinajstić information content (AvgIpc) is 2.64. The van der Waals surface area contributed by atoms with Crippen LogP contribution in [0.4, 0.5) is 0 Å². The summed E-state index contributed by atoms with van der Waals surface area (Å²) >= 11 is 0. The van der Waals surface area contributed by atoms with Gasteiger partial charge in [0.2, 0.25) is 0 Å². The van der Waals surface area contributed by atoms with E-state index in [0.29, 0.717) is 25.9 Å². The third kappa shape index (κ3) is 4.64. The Labute approximate surface area is 172 Å². The summed E-state index contributed by atoms with van der Waals surface area (Å²) in [7, 11) is -2.97. The fourth-order valence-electron chi connectivity index (χ4n) is 5.07. The van der Waals surface area contributed by atoms with Crippen molar-refractivity contribution in [1.82, 2.24) is 10.1 Å². The second-order valence-corrected chi connectivity index (χ2v) is 13.5. The molecule has 2 rings (SSSR count). The van der Waals surface area contributed by atoms with Crippen molar-refractivity contribution in [2.75, 3.05) is 6.61 Å². The largest absolute Gasteiger partial charge is 0.498 e. The molecule has 2 atom stereocenters. The topological polar surface area (TPSA) is 74.6 Å². The van der Waals surface area contributed by atoms with Crippen molar-refractivity contribution in [3.05, 3.63) is 0 Å². The molecule has 8 heteroatoms. The highest BCUT2D eigenvalue weighted by Gasteiger charge is 2.56. The standard InChI is InChI=1S/C20H42N2O5Si/c1-11-25-28(10,27-16-14-19(6,7)22(24)20(16,8)9)26-15-12-17(2,3)21(23)18(4,5)13-15/h15-16,23-24H,11-14H2,1-10H3. The number of rotatable bonds is 6. The van der Waals surface area contributed by atoms with E-state index in [9.17, 15) is 10.4 Å². The van der Waals surface area contributed by atoms with Crippen LogP contribution in [0.1, 0.15) is 81.6 Å². The van der Waals surface area contributed by atoms with Gasteiger partial charge in [0.15, 0.2) is 0 Å². The minimum atomic E-state index is -2.97. The van der Waals surface area contributed by atoms with E-state index in [1.54, 1.807) is 0 Å². The summed E-state index contributed by atoms with van der Waals surface area (Å²) < 4.78 is 19.2. The lowest BCUT2D eigenvalue weighted by Crippen LogP contribution is -2.62. The van der Waals surface area contributed by atoms with Crippen molar-refractivity contribution in [3.63, 3.8) is 0 Å². The fraction of sp³-hybridized carbons (Fsp3) is 1.00. The first-order valence-electron chi connectivity index (χ1n) is 10.4. The van der Waals surface area contributed by atoms with Crippen LogP contribution in [-0.4, -0.2) is 70.3 Å². The molecule has 2 fully saturated rings. The van der Waals surface area contributed by atoms with Gasteiger partial charge in [0.05, 0.1) is 17.7 Å². The van der Waals surface area contributed by atoms with Crippen LogP contribution in [0.5, 0.6) is 0 Å². The minimum Gasteiger partial charge on any atom is -0.374 e. The van der Waals surface area contributed by atoms with Gasteiger partial charge in [-0.25, -0.2) is 0 Å². The molecule has 0 spiro atoms. The number of nitrogens with zero attached hydrogens (tertiary/aromatic N) is 2. The lowest BCUT2D eigenvalue weighted by atomic mass is 9.80. The Hall–Kier alpha value is -0.0631. The molecule has 0 radical (unpaired) electrons. The predicted octanol–water partition coefficient (Wildman–Crippen LogP) is 4.06. The summed E-state index contributed by atoms with van der Waals surface area (Å²) in [5.41, 5.74) is -1.71. The molecule has 2 N–H and O–H groups in total. The Kier molecular flexibility index (Phi) is 6.54. The van der Waals surface area contributed by atoms with Crippen molar-refractivity contribution in [1.29, 1.82) is 0 Å². The highest BCUT2D eigenvalue weighted by Crippen LogP contribution is 2.43. The van der Waals surface area contributed by atoms with Crippen LogP contribution in [0.15, 0.2) is 0 Å². The summed E-state index contributed by atoms with van der Waals surface area (Å²) in [6.45, 7) is 20.5. The second-order valence-electron chi connectivity index (χ2n) is 11.0. The lowest BCUT2D eigenvalue weighted by Gasteiger charge is -2.52. The molecule has 2 heterocycles. The number of hydrogen-bond donors (Lipinski definition) is 2. The van der Waals surface area contributed by atoms with Gasteiger partial charge in [0, 0.05) is 29.8 Å². The molecule has 2 saturated heterocycles. The smallest absolute Gasteiger partial charge is 0.374 e. The van der Waals surface area contributed by atoms with E-state index >= 15 is 0 Å². The highest BCUT2D eigenvalue weighted by molar-refractivity contribution is 6.59. The zero-order valence-corrected chi connectivity index (χ0v) is 20.5. The molecule has 0 aromatic carbocycles. The maximum absolute atomic E-state index is 10.6. The van der Waals surface area contributed by atoms with Crippen molar-refractivity contribution in [2.24, 2.45) is 0 Å². The molecule has 2 aliphatic heterocycles. The Bertz CT molecular complexity index is 551. The minimum absolute atomic E-state index is 0.0700. The zero-order chi connectivity index (χ0) is 21.8. The first-order valence-corrected chi connectivity index (χ1v) is 12.7. The summed E-state index contributed by atoms with van der Waals surface area (Å²) in [6.07, 6.45) is 1.81. The van der Waals surface area contributed by atoms with Crippen LogP contribution in [0.2, 0.25) is 6.55 Å². The van der Waals surface area contributed by atoms with Crippen LogP contribution in [-0.2, 0) is 13.3 Å². The molecule has 7 nitrogen and oxygen atoms in total. The van der Waals surface area contributed by atoms with Crippen molar-refractivity contribution >= 4 is 8.80 Å². The molecule has 0 aliphatic carbocycles. The number of hydroxylamine groups is 4. The molecule has 28 heavy (non-hydrogen) atoms. The van der Waals surface area contributed by atoms with Crippen molar-refractivity contribution < 1.29 is 23.7 Å². The summed E-state index contributed by atoms with van der Waals surface area (Å²) in [5, 5.41) is 24.0. The Balaban J connectivity index is 2.20. The van der Waals surface area contributed by atoms with Gasteiger partial charge in [0.25, 0.3) is 0 Å². The fourth-order valence-corrected chi connectivity index (χ4v) is 7.45. The first kappa shape index (κ1) is 24.2. The maximum atomic E-state index is 10.6. The molecule has 0 aromatic rings. The summed E-state index contributed by atoms with van der Waals surface area (Å²) in [4.78, 5) is 0. The predicted molar refractivity (Wildman–Crippen MR) is 110 cm³/mol. The normalized spacial score (nSPS) is 32.4. The Morgan fingerprint density at radius 3 is 1.68 bits per heavy atom. The molecule has 2 unspecified atom stereocenters. The van der Waals surface area contributed by atoms with Gasteiger partial charge in [-0.1, -0.05) is 0 Å². The van der Waals surface area contributed by atoms with Gasteiger partial charge < -0.3 is 23.7 Å². The van der Waals surface area contributed by atoms with Crippen LogP contribution >= 0.6 is 0 Å². The van der Waals surface area contributed by atoms with Crippen molar-refractivity contribution in [2.45, 2.75) is 122 Å². The average molecular weight is 419 g/mol. The van der Waals surface area contributed by atoms with E-state index in [-0.39, 0.29) is 17.7 Å². The highest BCUT2D eigenvalue weighted by atomic mass is 28.4. The van der Waals surface area contributed by atoms with E-state index in [1.807, 2.05) is 68.9 Å². The molecule has 0 saturated carbocycles. The summed E-state index contributed by atoms with van der Waals surface area (Å²) in [5.74, 6) is 0. The third-order valence-corrected chi connectivity index (χ3v) is 8.62. The van der Waals surface area contributed by atoms with Gasteiger partial charge in [-0.05, 0) is 81.6 Å². The van der Waals surface area contributed by atoms with Crippen molar-refractivity contribution in [3.8, 4) is 0 Å². The van der Waals surface area contributed by atoms with E-state index < -0.39 is 25.4 Å². The first-order chi connectivity index (χ1) is 12.5. The Morgan fingerprint density at radius 2 is 1.29 bits per heavy atom. The van der Waals surface area contributed by atoms with Crippen LogP contribution < -0.4 is 0 Å². The number of hydrogen-bond acceptors (Lipinski definition) is 7. The molecule has 0 bridgehead atoms. The maximum Gasteiger partial charge on any atom is 0.498 e. The van der Waals surface area contributed by atoms with Gasteiger partial charge in [-0.15, -0.1) is 0 Å². The van der Waals surface area contributed by atoms with E-state index in [4.69, 9.17) is 13.3 Å². The quantitative estimate of drug-likeness (QED) is 0.630. The molecule has 2 aliphatic rings. The van der Waals surface area contributed by atoms with Gasteiger partial charge in [0.1, 0.15) is 0 Å². The molecule has 0 amide bonds. The van der Waals surface area contributed by atoms with Gasteiger partial charge in [-0.2, -0.15) is 10.1 Å². The monoisotopic (exact) mass is 418 g/mol. The van der Waals surface area contributed by atoms with Crippen LogP contribution in [0.25, 0.3) is 0 Å². The van der Waals surface area contributed by atoms with Crippen LogP contribution in [0, 0.1) is 0 Å². The van der Waals surface area contributed by atoms with Crippen LogP contribution in [0.3, 0.4) is 0 Å². The molecule has 0 aromatic heterocycles. The third-order valence-electron chi connectivity index (χ3n) is 6.34. The molecular weight excluding hydrogens is 376 g/mol. The molecule has 166 valence electrons. The van der Waals surface area contributed by atoms with E-state index in [1.165, 1.54) is 10.1 Å². The summed E-state index contributed by atoms with van der Waals surface area (Å²) in [6, 6.07) is 0.